The molecule has 0 saturated heterocycles. The first-order valence-corrected chi connectivity index (χ1v) is 6.20. The van der Waals surface area contributed by atoms with Crippen LogP contribution in [0.2, 0.25) is 0 Å². The number of nitrogens with one attached hydrogen (secondary N) is 2. The highest BCUT2D eigenvalue weighted by atomic mass is 16.4. The van der Waals surface area contributed by atoms with E-state index in [4.69, 9.17) is 4.42 Å². The summed E-state index contributed by atoms with van der Waals surface area (Å²) in [5, 5.41) is 5.16. The molecule has 7 nitrogen and oxygen atoms in total. The second kappa shape index (κ2) is 5.12. The summed E-state index contributed by atoms with van der Waals surface area (Å²) in [5.74, 6) is -0.491. The van der Waals surface area contributed by atoms with Crippen molar-refractivity contribution in [2.75, 3.05) is 10.6 Å². The lowest BCUT2D eigenvalue weighted by Crippen LogP contribution is -2.15. The van der Waals surface area contributed by atoms with E-state index >= 15 is 0 Å². The van der Waals surface area contributed by atoms with Crippen LogP contribution in [-0.2, 0) is 4.79 Å². The number of carbonyl (C=O) groups is 2. The third kappa shape index (κ3) is 2.82. The Morgan fingerprint density at radius 3 is 2.85 bits per heavy atom. The predicted molar refractivity (Wildman–Crippen MR) is 70.0 cm³/mol. The first-order valence-electron chi connectivity index (χ1n) is 6.20. The van der Waals surface area contributed by atoms with Crippen LogP contribution >= 0.6 is 0 Å². The highest BCUT2D eigenvalue weighted by molar-refractivity contribution is 6.03. The van der Waals surface area contributed by atoms with Crippen molar-refractivity contribution < 1.29 is 14.0 Å². The van der Waals surface area contributed by atoms with Crippen molar-refractivity contribution >= 4 is 23.5 Å². The number of aromatic nitrogens is 2. The van der Waals surface area contributed by atoms with Crippen LogP contribution < -0.4 is 10.6 Å². The molecule has 2 amide bonds. The number of oxazole rings is 1. The van der Waals surface area contributed by atoms with E-state index in [-0.39, 0.29) is 23.5 Å². The summed E-state index contributed by atoms with van der Waals surface area (Å²) in [5.41, 5.74) is 0.656. The van der Waals surface area contributed by atoms with E-state index in [1.54, 1.807) is 18.3 Å². The SMILES string of the molecule is O=C(Nc1cccnc1)c1coc(NC(=O)C2CC2)n1. The van der Waals surface area contributed by atoms with Crippen LogP contribution in [0.4, 0.5) is 11.7 Å². The summed E-state index contributed by atoms with van der Waals surface area (Å²) in [6.45, 7) is 0. The molecular formula is C13H12N4O3. The zero-order chi connectivity index (χ0) is 13.9. The minimum absolute atomic E-state index is 0.0400. The maximum atomic E-state index is 11.9. The number of carbonyl (C=O) groups excluding carboxylic acids is 2. The highest BCUT2D eigenvalue weighted by Crippen LogP contribution is 2.30. The Balaban J connectivity index is 1.63. The fourth-order valence-corrected chi connectivity index (χ4v) is 1.62. The van der Waals surface area contributed by atoms with Gasteiger partial charge in [0, 0.05) is 12.1 Å². The van der Waals surface area contributed by atoms with E-state index in [1.165, 1.54) is 12.5 Å². The van der Waals surface area contributed by atoms with Gasteiger partial charge in [0.1, 0.15) is 6.26 Å². The van der Waals surface area contributed by atoms with Gasteiger partial charge < -0.3 is 9.73 Å². The number of anilines is 2. The summed E-state index contributed by atoms with van der Waals surface area (Å²) in [6, 6.07) is 3.46. The number of amides is 2. The minimum Gasteiger partial charge on any atom is -0.431 e. The van der Waals surface area contributed by atoms with Crippen LogP contribution in [0.3, 0.4) is 0 Å². The molecule has 0 unspecified atom stereocenters. The molecule has 1 aliphatic carbocycles. The van der Waals surface area contributed by atoms with Crippen molar-refractivity contribution in [1.29, 1.82) is 0 Å². The molecule has 2 heterocycles. The molecule has 0 bridgehead atoms. The van der Waals surface area contributed by atoms with Gasteiger partial charge in [0.25, 0.3) is 5.91 Å². The molecule has 0 radical (unpaired) electrons. The van der Waals surface area contributed by atoms with E-state index in [0.29, 0.717) is 5.69 Å². The van der Waals surface area contributed by atoms with Crippen molar-refractivity contribution in [3.63, 3.8) is 0 Å². The molecule has 0 atom stereocenters. The lowest BCUT2D eigenvalue weighted by Gasteiger charge is -2.00. The van der Waals surface area contributed by atoms with Gasteiger partial charge in [-0.15, -0.1) is 0 Å². The smallest absolute Gasteiger partial charge is 0.302 e. The molecule has 1 aliphatic rings. The molecule has 3 rings (SSSR count). The van der Waals surface area contributed by atoms with Crippen LogP contribution in [-0.4, -0.2) is 21.8 Å². The monoisotopic (exact) mass is 272 g/mol. The largest absolute Gasteiger partial charge is 0.431 e. The van der Waals surface area contributed by atoms with Gasteiger partial charge in [-0.3, -0.25) is 19.9 Å². The third-order valence-electron chi connectivity index (χ3n) is 2.83. The Hall–Kier alpha value is -2.70. The molecule has 2 aromatic rings. The van der Waals surface area contributed by atoms with Crippen molar-refractivity contribution in [3.05, 3.63) is 36.5 Å². The summed E-state index contributed by atoms with van der Waals surface area (Å²) in [7, 11) is 0. The fraction of sp³-hybridized carbons (Fsp3) is 0.231. The topological polar surface area (TPSA) is 97.1 Å². The Morgan fingerprint density at radius 2 is 2.15 bits per heavy atom. The van der Waals surface area contributed by atoms with Crippen LogP contribution in [0.25, 0.3) is 0 Å². The molecule has 2 aromatic heterocycles. The van der Waals surface area contributed by atoms with Crippen LogP contribution in [0.1, 0.15) is 23.3 Å². The normalized spacial score (nSPS) is 13.8. The molecular weight excluding hydrogens is 260 g/mol. The number of pyridine rings is 1. The number of hydrogen-bond acceptors (Lipinski definition) is 5. The lowest BCUT2D eigenvalue weighted by molar-refractivity contribution is -0.117. The molecule has 0 spiro atoms. The molecule has 1 fully saturated rings. The zero-order valence-electron chi connectivity index (χ0n) is 10.5. The minimum atomic E-state index is -0.423. The van der Waals surface area contributed by atoms with Crippen molar-refractivity contribution in [2.45, 2.75) is 12.8 Å². The highest BCUT2D eigenvalue weighted by Gasteiger charge is 2.30. The van der Waals surface area contributed by atoms with Gasteiger partial charge in [0.15, 0.2) is 5.69 Å². The Kier molecular flexibility index (Phi) is 3.16. The van der Waals surface area contributed by atoms with Crippen LogP contribution in [0.5, 0.6) is 0 Å². The van der Waals surface area contributed by atoms with Crippen LogP contribution in [0, 0.1) is 5.92 Å². The maximum absolute atomic E-state index is 11.9. The molecule has 2 N–H and O–H groups in total. The average molecular weight is 272 g/mol. The molecule has 0 aromatic carbocycles. The molecule has 7 heteroatoms. The molecule has 102 valence electrons. The van der Waals surface area contributed by atoms with E-state index in [9.17, 15) is 9.59 Å². The first-order chi connectivity index (χ1) is 9.72. The summed E-state index contributed by atoms with van der Waals surface area (Å²) >= 11 is 0. The van der Waals surface area contributed by atoms with E-state index in [0.717, 1.165) is 12.8 Å². The lowest BCUT2D eigenvalue weighted by atomic mass is 10.4. The van der Waals surface area contributed by atoms with Crippen LogP contribution in [0.15, 0.2) is 35.2 Å². The number of nitrogens with zero attached hydrogens (tertiary/aromatic N) is 2. The quantitative estimate of drug-likeness (QED) is 0.882. The second-order valence-electron chi connectivity index (χ2n) is 4.50. The van der Waals surface area contributed by atoms with Gasteiger partial charge in [0.2, 0.25) is 5.91 Å². The summed E-state index contributed by atoms with van der Waals surface area (Å²) in [4.78, 5) is 31.2. The van der Waals surface area contributed by atoms with E-state index in [2.05, 4.69) is 20.6 Å². The maximum Gasteiger partial charge on any atom is 0.302 e. The van der Waals surface area contributed by atoms with Gasteiger partial charge in [-0.2, -0.15) is 4.98 Å². The fourth-order valence-electron chi connectivity index (χ4n) is 1.62. The Labute approximate surface area is 114 Å². The van der Waals surface area contributed by atoms with Gasteiger partial charge in [-0.05, 0) is 25.0 Å². The molecule has 0 aliphatic heterocycles. The van der Waals surface area contributed by atoms with Crippen molar-refractivity contribution in [3.8, 4) is 0 Å². The van der Waals surface area contributed by atoms with Gasteiger partial charge in [0.05, 0.1) is 11.9 Å². The van der Waals surface area contributed by atoms with E-state index in [1.807, 2.05) is 0 Å². The molecule has 1 saturated carbocycles. The third-order valence-corrected chi connectivity index (χ3v) is 2.83. The zero-order valence-corrected chi connectivity index (χ0v) is 10.5. The van der Waals surface area contributed by atoms with Gasteiger partial charge >= 0.3 is 6.01 Å². The molecule has 20 heavy (non-hydrogen) atoms. The summed E-state index contributed by atoms with van der Waals surface area (Å²) < 4.78 is 5.05. The van der Waals surface area contributed by atoms with Gasteiger partial charge in [-0.25, -0.2) is 0 Å². The van der Waals surface area contributed by atoms with Crippen molar-refractivity contribution in [1.82, 2.24) is 9.97 Å². The summed E-state index contributed by atoms with van der Waals surface area (Å²) in [6.07, 6.45) is 6.11. The number of hydrogen-bond donors (Lipinski definition) is 2. The second-order valence-corrected chi connectivity index (χ2v) is 4.50. The van der Waals surface area contributed by atoms with E-state index < -0.39 is 5.91 Å². The number of rotatable bonds is 4. The Bertz CT molecular complexity index is 634. The standard InChI is InChI=1S/C13H12N4O3/c18-11(8-3-4-8)17-13-16-10(7-20-13)12(19)15-9-2-1-5-14-6-9/h1-2,5-8H,3-4H2,(H,15,19)(H,16,17,18). The van der Waals surface area contributed by atoms with Crippen molar-refractivity contribution in [2.24, 2.45) is 5.92 Å². The van der Waals surface area contributed by atoms with Gasteiger partial charge in [-0.1, -0.05) is 0 Å². The average Bonchev–Trinajstić information content (AvgIpc) is 3.20. The first kappa shape index (κ1) is 12.3. The predicted octanol–water partition coefficient (Wildman–Crippen LogP) is 1.67. The Morgan fingerprint density at radius 1 is 1.30 bits per heavy atom.